The maximum atomic E-state index is 14.2. The summed E-state index contributed by atoms with van der Waals surface area (Å²) in [7, 11) is -0.392. The molecule has 3 fully saturated rings. The van der Waals surface area contributed by atoms with E-state index >= 15 is 0 Å². The van der Waals surface area contributed by atoms with Crippen molar-refractivity contribution in [2.24, 2.45) is 11.8 Å². The molecule has 1 aliphatic carbocycles. The van der Waals surface area contributed by atoms with Gasteiger partial charge in [0.25, 0.3) is 0 Å². The van der Waals surface area contributed by atoms with Crippen LogP contribution in [0.3, 0.4) is 0 Å². The zero-order valence-electron chi connectivity index (χ0n) is 25.1. The van der Waals surface area contributed by atoms with Crippen LogP contribution in [0.5, 0.6) is 5.88 Å². The number of hydrogen-bond acceptors (Lipinski definition) is 8. The molecule has 3 heterocycles. The number of nitrogens with one attached hydrogen (secondary N) is 2. The third kappa shape index (κ3) is 7.56. The van der Waals surface area contributed by atoms with Crippen LogP contribution in [0.1, 0.15) is 68.4 Å². The summed E-state index contributed by atoms with van der Waals surface area (Å²) in [6.45, 7) is 1.24. The van der Waals surface area contributed by atoms with Gasteiger partial charge in [0.05, 0.1) is 20.0 Å². The smallest absolute Gasteiger partial charge is 0.407 e. The Kier molecular flexibility index (Phi) is 10.4. The number of benzene rings is 1. The zero-order chi connectivity index (χ0) is 30.4. The molecule has 1 saturated carbocycles. The Hall–Kier alpha value is -3.02. The number of piperazine rings is 1. The van der Waals surface area contributed by atoms with Crippen LogP contribution in [0.25, 0.3) is 0 Å². The van der Waals surface area contributed by atoms with Crippen molar-refractivity contribution in [2.75, 3.05) is 33.1 Å². The molecule has 2 aliphatic heterocycles. The Morgan fingerprint density at radius 2 is 1.81 bits per heavy atom. The summed E-state index contributed by atoms with van der Waals surface area (Å²) >= 11 is 0. The maximum absolute atomic E-state index is 14.2. The number of amides is 1. The summed E-state index contributed by atoms with van der Waals surface area (Å²) in [5.41, 5.74) is 1.67. The Morgan fingerprint density at radius 1 is 1.02 bits per heavy atom. The van der Waals surface area contributed by atoms with Crippen molar-refractivity contribution in [3.05, 3.63) is 59.8 Å². The average molecular weight is 613 g/mol. The van der Waals surface area contributed by atoms with Gasteiger partial charge in [-0.25, -0.2) is 18.2 Å². The fourth-order valence-corrected chi connectivity index (χ4v) is 9.08. The van der Waals surface area contributed by atoms with Crippen LogP contribution >= 0.6 is 0 Å². The van der Waals surface area contributed by atoms with Gasteiger partial charge in [0.15, 0.2) is 5.78 Å². The highest BCUT2D eigenvalue weighted by atomic mass is 32.2. The van der Waals surface area contributed by atoms with E-state index in [0.29, 0.717) is 37.7 Å². The molecule has 2 N–H and O–H groups in total. The number of nitrogens with zero attached hydrogens (tertiary/aromatic N) is 2. The Bertz CT molecular complexity index is 1340. The summed E-state index contributed by atoms with van der Waals surface area (Å²) in [6, 6.07) is 12.6. The second-order valence-electron chi connectivity index (χ2n) is 12.1. The Morgan fingerprint density at radius 3 is 2.53 bits per heavy atom. The first kappa shape index (κ1) is 31.4. The number of Topliss-reactive ketones (excluding diaryl/α,β-unsaturated/α-hetero) is 1. The van der Waals surface area contributed by atoms with Crippen molar-refractivity contribution < 1.29 is 27.5 Å². The summed E-state index contributed by atoms with van der Waals surface area (Å²) in [5, 5.41) is 6.41. The topological polar surface area (TPSA) is 127 Å². The van der Waals surface area contributed by atoms with Crippen LogP contribution in [0.15, 0.2) is 48.7 Å². The van der Waals surface area contributed by atoms with Crippen LogP contribution in [0, 0.1) is 11.8 Å². The van der Waals surface area contributed by atoms with Gasteiger partial charge in [-0.2, -0.15) is 4.31 Å². The molecular formula is C32H44N4O6S. The highest BCUT2D eigenvalue weighted by Crippen LogP contribution is 2.40. The zero-order valence-corrected chi connectivity index (χ0v) is 25.9. The number of carbonyl (C=O) groups is 2. The number of methoxy groups -OCH3 is 2. The number of alkyl carbamates (subject to hydrolysis) is 1. The lowest BCUT2D eigenvalue weighted by Gasteiger charge is -2.38. The highest BCUT2D eigenvalue weighted by molar-refractivity contribution is 7.89. The quantitative estimate of drug-likeness (QED) is 0.392. The number of pyridine rings is 1. The van der Waals surface area contributed by atoms with Crippen molar-refractivity contribution >= 4 is 21.9 Å². The van der Waals surface area contributed by atoms with E-state index in [4.69, 9.17) is 9.47 Å². The van der Waals surface area contributed by atoms with E-state index in [1.165, 1.54) is 7.11 Å². The van der Waals surface area contributed by atoms with Gasteiger partial charge < -0.3 is 20.1 Å². The van der Waals surface area contributed by atoms with Crippen LogP contribution in [0.4, 0.5) is 4.79 Å². The van der Waals surface area contributed by atoms with E-state index in [1.807, 2.05) is 36.4 Å². The number of ether oxygens (including phenoxy) is 2. The molecule has 1 aromatic heterocycles. The van der Waals surface area contributed by atoms with Crippen LogP contribution < -0.4 is 15.4 Å². The lowest BCUT2D eigenvalue weighted by molar-refractivity contribution is -0.122. The number of fused-ring (bicyclic) bond motifs is 2. The van der Waals surface area contributed by atoms with E-state index in [-0.39, 0.29) is 29.5 Å². The van der Waals surface area contributed by atoms with E-state index in [9.17, 15) is 18.0 Å². The molecule has 5 rings (SSSR count). The van der Waals surface area contributed by atoms with Crippen molar-refractivity contribution in [3.63, 3.8) is 0 Å². The molecule has 0 spiro atoms. The molecule has 0 radical (unpaired) electrons. The van der Waals surface area contributed by atoms with E-state index in [2.05, 4.69) is 15.6 Å². The monoisotopic (exact) mass is 612 g/mol. The fourth-order valence-electron chi connectivity index (χ4n) is 7.27. The third-order valence-corrected chi connectivity index (χ3v) is 11.5. The highest BCUT2D eigenvalue weighted by Gasteiger charge is 2.40. The number of hydrogen-bond donors (Lipinski definition) is 2. The van der Waals surface area contributed by atoms with Gasteiger partial charge in [-0.3, -0.25) is 4.79 Å². The molecule has 1 aromatic carbocycles. The molecule has 1 unspecified atom stereocenters. The molecule has 11 heteroatoms. The lowest BCUT2D eigenvalue weighted by Crippen LogP contribution is -2.57. The van der Waals surface area contributed by atoms with Crippen molar-refractivity contribution in [3.8, 4) is 5.88 Å². The van der Waals surface area contributed by atoms with Crippen LogP contribution in [0.2, 0.25) is 0 Å². The van der Waals surface area contributed by atoms with Gasteiger partial charge in [0.1, 0.15) is 6.04 Å². The molecule has 2 saturated heterocycles. The van der Waals surface area contributed by atoms with Crippen LogP contribution in [-0.4, -0.2) is 80.8 Å². The minimum absolute atomic E-state index is 0.0462. The summed E-state index contributed by atoms with van der Waals surface area (Å²) in [6.07, 6.45) is 7.61. The van der Waals surface area contributed by atoms with Gasteiger partial charge in [-0.05, 0) is 55.1 Å². The second-order valence-corrected chi connectivity index (χ2v) is 14.2. The molecule has 234 valence electrons. The largest absolute Gasteiger partial charge is 0.481 e. The number of sulfonamides is 1. The predicted octanol–water partition coefficient (Wildman–Crippen LogP) is 3.87. The van der Waals surface area contributed by atoms with E-state index in [1.54, 1.807) is 23.7 Å². The normalized spacial score (nSPS) is 27.8. The first-order valence-electron chi connectivity index (χ1n) is 15.4. The molecule has 3 aliphatic rings. The SMILES string of the molecule is COC(=O)N[C@H](C(=O)C[C@H]1CCC[C@@H]1CC[C@H]1CN[C@@H]2CCCS(=O)(=O)N1C2)[C@@H](c1ccccc1)c1ccc(OC)nc1. The number of rotatable bonds is 11. The Labute approximate surface area is 255 Å². The summed E-state index contributed by atoms with van der Waals surface area (Å²) < 4.78 is 37.8. The standard InChI is InChI=1S/C32H44N4O6S/c1-41-29-16-14-25(19-34-29)30(23-8-4-3-5-9-23)31(35-32(38)42-2)28(37)18-24-11-6-10-22(24)13-15-27-20-33-26-12-7-17-43(39,40)36(27)21-26/h3-5,8-9,14,16,19,22,24,26-27,30-31,33H,6-7,10-13,15,17-18,20-21H2,1-2H3,(H,35,38)/t22-,24-,26-,27+,30+,31-/m1/s1. The third-order valence-electron chi connectivity index (χ3n) is 9.54. The van der Waals surface area contributed by atoms with Crippen molar-refractivity contribution in [1.29, 1.82) is 0 Å². The lowest BCUT2D eigenvalue weighted by atomic mass is 9.79. The van der Waals surface area contributed by atoms with E-state index in [0.717, 1.165) is 49.7 Å². The number of carbonyl (C=O) groups excluding carboxylic acids is 2. The Balaban J connectivity index is 1.33. The minimum atomic E-state index is -3.24. The number of ketones is 1. The molecule has 10 nitrogen and oxygen atoms in total. The van der Waals surface area contributed by atoms with Gasteiger partial charge in [0, 0.05) is 49.8 Å². The molecule has 1 amide bonds. The number of aromatic nitrogens is 1. The first-order chi connectivity index (χ1) is 20.8. The average Bonchev–Trinajstić information content (AvgIpc) is 3.42. The van der Waals surface area contributed by atoms with Gasteiger partial charge in [-0.1, -0.05) is 49.2 Å². The molecular weight excluding hydrogens is 568 g/mol. The van der Waals surface area contributed by atoms with Gasteiger partial charge in [0.2, 0.25) is 15.9 Å². The maximum Gasteiger partial charge on any atom is 0.407 e. The van der Waals surface area contributed by atoms with Gasteiger partial charge in [-0.15, -0.1) is 0 Å². The van der Waals surface area contributed by atoms with Crippen molar-refractivity contribution in [1.82, 2.24) is 19.9 Å². The summed E-state index contributed by atoms with van der Waals surface area (Å²) in [4.78, 5) is 31.1. The first-order valence-corrected chi connectivity index (χ1v) is 17.0. The minimum Gasteiger partial charge on any atom is -0.481 e. The van der Waals surface area contributed by atoms with Gasteiger partial charge >= 0.3 is 6.09 Å². The van der Waals surface area contributed by atoms with Crippen LogP contribution in [-0.2, 0) is 19.6 Å². The molecule has 2 aromatic rings. The summed E-state index contributed by atoms with van der Waals surface area (Å²) in [5.74, 6) is 0.663. The van der Waals surface area contributed by atoms with Crippen molar-refractivity contribution in [2.45, 2.75) is 75.4 Å². The molecule has 2 bridgehead atoms. The molecule has 43 heavy (non-hydrogen) atoms. The molecule has 7 atom stereocenters. The fraction of sp³-hybridized carbons (Fsp3) is 0.594. The second kappa shape index (κ2) is 14.2. The predicted molar refractivity (Wildman–Crippen MR) is 163 cm³/mol. The van der Waals surface area contributed by atoms with E-state index < -0.39 is 28.1 Å².